The minimum atomic E-state index is 0.167. The van der Waals surface area contributed by atoms with Gasteiger partial charge in [0.2, 0.25) is 0 Å². The van der Waals surface area contributed by atoms with Gasteiger partial charge in [0.25, 0.3) is 5.91 Å². The highest BCUT2D eigenvalue weighted by atomic mass is 79.9. The van der Waals surface area contributed by atoms with Crippen LogP contribution in [0.3, 0.4) is 0 Å². The second-order valence-corrected chi connectivity index (χ2v) is 6.93. The van der Waals surface area contributed by atoms with Gasteiger partial charge in [-0.3, -0.25) is 4.79 Å². The Kier molecular flexibility index (Phi) is 4.24. The summed E-state index contributed by atoms with van der Waals surface area (Å²) in [7, 11) is 0. The first-order chi connectivity index (χ1) is 9.29. The molecule has 0 bridgehead atoms. The number of ether oxygens (including phenoxy) is 1. The van der Waals surface area contributed by atoms with Crippen molar-refractivity contribution in [1.82, 2.24) is 4.90 Å². The van der Waals surface area contributed by atoms with Crippen molar-refractivity contribution in [3.8, 4) is 0 Å². The fourth-order valence-corrected chi connectivity index (χ4v) is 4.53. The normalized spacial score (nSPS) is 23.2. The molecule has 0 aromatic carbocycles. The highest BCUT2D eigenvalue weighted by Gasteiger charge is 2.29. The molecule has 1 aliphatic carbocycles. The molecule has 1 aliphatic heterocycles. The second kappa shape index (κ2) is 5.94. The lowest BCUT2D eigenvalue weighted by atomic mass is 9.99. The van der Waals surface area contributed by atoms with E-state index in [0.29, 0.717) is 19.8 Å². The maximum absolute atomic E-state index is 12.6. The number of amides is 1. The molecule has 0 spiro atoms. The lowest BCUT2D eigenvalue weighted by Crippen LogP contribution is -2.49. The van der Waals surface area contributed by atoms with E-state index in [1.807, 2.05) is 4.90 Å². The predicted molar refractivity (Wildman–Crippen MR) is 80.4 cm³/mol. The van der Waals surface area contributed by atoms with Gasteiger partial charge >= 0.3 is 0 Å². The van der Waals surface area contributed by atoms with E-state index >= 15 is 0 Å². The summed E-state index contributed by atoms with van der Waals surface area (Å²) in [6, 6.07) is 2.29. The lowest BCUT2D eigenvalue weighted by Gasteiger charge is -2.34. The zero-order chi connectivity index (χ0) is 13.2. The zero-order valence-corrected chi connectivity index (χ0v) is 13.3. The summed E-state index contributed by atoms with van der Waals surface area (Å²) >= 11 is 5.18. The molecule has 2 aliphatic rings. The first kappa shape index (κ1) is 13.6. The van der Waals surface area contributed by atoms with Crippen LogP contribution in [-0.2, 0) is 17.6 Å². The van der Waals surface area contributed by atoms with Crippen LogP contribution in [0, 0.1) is 0 Å². The molecule has 1 fully saturated rings. The maximum atomic E-state index is 12.6. The van der Waals surface area contributed by atoms with Crippen molar-refractivity contribution in [1.29, 1.82) is 0 Å². The van der Waals surface area contributed by atoms with E-state index in [4.69, 9.17) is 4.74 Å². The van der Waals surface area contributed by atoms with Gasteiger partial charge in [0.05, 0.1) is 24.1 Å². The summed E-state index contributed by atoms with van der Waals surface area (Å²) in [6.45, 7) is 2.00. The van der Waals surface area contributed by atoms with Crippen molar-refractivity contribution in [2.75, 3.05) is 25.1 Å². The molecule has 3 rings (SSSR count). The molecule has 1 atom stereocenters. The number of rotatable bonds is 2. The maximum Gasteiger partial charge on any atom is 0.264 e. The molecule has 0 radical (unpaired) electrons. The largest absolute Gasteiger partial charge is 0.377 e. The monoisotopic (exact) mass is 343 g/mol. The zero-order valence-electron chi connectivity index (χ0n) is 10.9. The van der Waals surface area contributed by atoms with Gasteiger partial charge in [0.15, 0.2) is 0 Å². The van der Waals surface area contributed by atoms with E-state index in [-0.39, 0.29) is 11.9 Å². The van der Waals surface area contributed by atoms with E-state index in [9.17, 15) is 4.79 Å². The summed E-state index contributed by atoms with van der Waals surface area (Å²) < 4.78 is 5.45. The van der Waals surface area contributed by atoms with Gasteiger partial charge in [-0.05, 0) is 37.3 Å². The molecule has 5 heteroatoms. The van der Waals surface area contributed by atoms with Gasteiger partial charge in [-0.15, -0.1) is 11.3 Å². The van der Waals surface area contributed by atoms with Gasteiger partial charge in [-0.2, -0.15) is 0 Å². The van der Waals surface area contributed by atoms with Gasteiger partial charge in [-0.25, -0.2) is 0 Å². The van der Waals surface area contributed by atoms with Crippen LogP contribution in [0.2, 0.25) is 0 Å². The summed E-state index contributed by atoms with van der Waals surface area (Å²) in [5.74, 6) is 0.187. The molecule has 1 aromatic rings. The molecule has 104 valence electrons. The molecule has 1 unspecified atom stereocenters. The quantitative estimate of drug-likeness (QED) is 0.772. The van der Waals surface area contributed by atoms with E-state index in [0.717, 1.165) is 23.0 Å². The predicted octanol–water partition coefficient (Wildman–Crippen LogP) is 2.86. The summed E-state index contributed by atoms with van der Waals surface area (Å²) in [5.41, 5.74) is 1.41. The Balaban J connectivity index is 1.80. The molecular weight excluding hydrogens is 326 g/mol. The highest BCUT2D eigenvalue weighted by Crippen LogP contribution is 2.31. The fraction of sp³-hybridized carbons (Fsp3) is 0.643. The number of alkyl halides is 1. The minimum Gasteiger partial charge on any atom is -0.377 e. The summed E-state index contributed by atoms with van der Waals surface area (Å²) in [5, 5.41) is 0.782. The second-order valence-electron chi connectivity index (χ2n) is 5.15. The number of carbonyl (C=O) groups excluding carboxylic acids is 1. The Morgan fingerprint density at radius 2 is 2.32 bits per heavy atom. The summed E-state index contributed by atoms with van der Waals surface area (Å²) in [6.07, 6.45) is 4.82. The number of morpholine rings is 1. The lowest BCUT2D eigenvalue weighted by molar-refractivity contribution is 0.00552. The van der Waals surface area contributed by atoms with Crippen molar-refractivity contribution in [3.05, 3.63) is 21.4 Å². The number of hydrogen-bond acceptors (Lipinski definition) is 3. The molecule has 3 nitrogen and oxygen atoms in total. The van der Waals surface area contributed by atoms with Crippen LogP contribution < -0.4 is 0 Å². The van der Waals surface area contributed by atoms with Crippen molar-refractivity contribution in [2.24, 2.45) is 0 Å². The fourth-order valence-electron chi connectivity index (χ4n) is 2.79. The number of thiophene rings is 1. The van der Waals surface area contributed by atoms with Crippen LogP contribution in [0.4, 0.5) is 0 Å². The first-order valence-corrected chi connectivity index (χ1v) is 8.79. The number of carbonyl (C=O) groups is 1. The SMILES string of the molecule is O=C(c1cc2c(s1)CCCC2)N1CCOCC1CBr. The van der Waals surface area contributed by atoms with Crippen molar-refractivity contribution >= 4 is 33.2 Å². The number of nitrogens with zero attached hydrogens (tertiary/aromatic N) is 1. The highest BCUT2D eigenvalue weighted by molar-refractivity contribution is 9.09. The Morgan fingerprint density at radius 3 is 3.11 bits per heavy atom. The van der Waals surface area contributed by atoms with Crippen molar-refractivity contribution in [2.45, 2.75) is 31.7 Å². The number of aryl methyl sites for hydroxylation is 2. The summed E-state index contributed by atoms with van der Waals surface area (Å²) in [4.78, 5) is 17.0. The first-order valence-electron chi connectivity index (χ1n) is 6.86. The van der Waals surface area contributed by atoms with E-state index in [1.165, 1.54) is 23.3 Å². The van der Waals surface area contributed by atoms with Gasteiger partial charge in [0.1, 0.15) is 0 Å². The molecule has 2 heterocycles. The van der Waals surface area contributed by atoms with Gasteiger partial charge in [0, 0.05) is 16.8 Å². The van der Waals surface area contributed by atoms with Gasteiger partial charge in [-0.1, -0.05) is 15.9 Å². The minimum absolute atomic E-state index is 0.167. The molecule has 1 amide bonds. The van der Waals surface area contributed by atoms with Crippen molar-refractivity contribution < 1.29 is 9.53 Å². The molecule has 1 saturated heterocycles. The number of fused-ring (bicyclic) bond motifs is 1. The van der Waals surface area contributed by atoms with Crippen LogP contribution in [-0.4, -0.2) is 41.9 Å². The van der Waals surface area contributed by atoms with Crippen LogP contribution in [0.1, 0.15) is 33.0 Å². The molecule has 0 saturated carbocycles. The Bertz CT molecular complexity index is 451. The Hall–Kier alpha value is -0.390. The Labute approximate surface area is 126 Å². The Morgan fingerprint density at radius 1 is 1.47 bits per heavy atom. The van der Waals surface area contributed by atoms with Crippen LogP contribution in [0.5, 0.6) is 0 Å². The smallest absolute Gasteiger partial charge is 0.264 e. The van der Waals surface area contributed by atoms with E-state index in [2.05, 4.69) is 22.0 Å². The van der Waals surface area contributed by atoms with Crippen LogP contribution in [0.15, 0.2) is 6.07 Å². The average molecular weight is 344 g/mol. The van der Waals surface area contributed by atoms with Crippen LogP contribution >= 0.6 is 27.3 Å². The topological polar surface area (TPSA) is 29.5 Å². The molecule has 0 N–H and O–H groups in total. The van der Waals surface area contributed by atoms with Crippen molar-refractivity contribution in [3.63, 3.8) is 0 Å². The third-order valence-electron chi connectivity index (χ3n) is 3.87. The van der Waals surface area contributed by atoms with E-state index in [1.54, 1.807) is 11.3 Å². The third kappa shape index (κ3) is 2.73. The molecular formula is C14H18BrNO2S. The third-order valence-corrected chi connectivity index (χ3v) is 5.85. The standard InChI is InChI=1S/C14H18BrNO2S/c15-8-11-9-18-6-5-16(11)14(17)13-7-10-3-1-2-4-12(10)19-13/h7,11H,1-6,8-9H2. The average Bonchev–Trinajstić information content (AvgIpc) is 2.90. The molecule has 19 heavy (non-hydrogen) atoms. The van der Waals surface area contributed by atoms with Crippen LogP contribution in [0.25, 0.3) is 0 Å². The number of hydrogen-bond donors (Lipinski definition) is 0. The number of halogens is 1. The molecule has 1 aromatic heterocycles. The van der Waals surface area contributed by atoms with E-state index < -0.39 is 0 Å². The van der Waals surface area contributed by atoms with Gasteiger partial charge < -0.3 is 9.64 Å².